The summed E-state index contributed by atoms with van der Waals surface area (Å²) >= 11 is 0. The van der Waals surface area contributed by atoms with Gasteiger partial charge in [-0.2, -0.15) is 0 Å². The number of hydrogen-bond donors (Lipinski definition) is 1. The highest BCUT2D eigenvalue weighted by Crippen LogP contribution is 2.38. The zero-order chi connectivity index (χ0) is 25.4. The molecule has 0 bridgehead atoms. The second-order valence-corrected chi connectivity index (χ2v) is 10.0. The van der Waals surface area contributed by atoms with Crippen LogP contribution in [0.25, 0.3) is 26.7 Å². The zero-order valence-electron chi connectivity index (χ0n) is 20.8. The van der Waals surface area contributed by atoms with E-state index in [1.165, 1.54) is 0 Å². The van der Waals surface area contributed by atoms with Gasteiger partial charge in [-0.15, -0.1) is 0 Å². The standard InChI is InChI=1S/C29H29N5O3/c1-30-25-16-23-24(17-28(25)36-18-19-8-12-33(2)13-9-19)31-11-7-27(23)37-22-5-6-26-20(15-22)10-14-34(26)29(35)32-21-3-4-21/h5-7,10-11,14-17,19,21H,3-4,8-9,12-13,18H2,2H3,(H,32,35). The lowest BCUT2D eigenvalue weighted by Gasteiger charge is -2.28. The molecule has 3 heterocycles. The van der Waals surface area contributed by atoms with Gasteiger partial charge in [-0.3, -0.25) is 9.55 Å². The number of nitrogens with one attached hydrogen (secondary N) is 1. The molecule has 37 heavy (non-hydrogen) atoms. The highest BCUT2D eigenvalue weighted by atomic mass is 16.5. The molecule has 0 spiro atoms. The molecule has 1 saturated carbocycles. The summed E-state index contributed by atoms with van der Waals surface area (Å²) in [5, 5.41) is 4.68. The molecule has 1 saturated heterocycles. The predicted molar refractivity (Wildman–Crippen MR) is 143 cm³/mol. The molecule has 0 atom stereocenters. The van der Waals surface area contributed by atoms with Crippen LogP contribution in [0.15, 0.2) is 54.9 Å². The van der Waals surface area contributed by atoms with E-state index in [9.17, 15) is 4.79 Å². The quantitative estimate of drug-likeness (QED) is 0.334. The topological polar surface area (TPSA) is 73.0 Å². The average molecular weight is 496 g/mol. The molecule has 2 fully saturated rings. The second-order valence-electron chi connectivity index (χ2n) is 10.0. The van der Waals surface area contributed by atoms with Crippen molar-refractivity contribution in [2.24, 2.45) is 5.92 Å². The smallest absolute Gasteiger partial charge is 0.326 e. The predicted octanol–water partition coefficient (Wildman–Crippen LogP) is 5.97. The number of amides is 1. The van der Waals surface area contributed by atoms with Gasteiger partial charge in [0.05, 0.1) is 24.2 Å². The number of nitrogens with zero attached hydrogens (tertiary/aromatic N) is 4. The number of pyridine rings is 1. The van der Waals surface area contributed by atoms with Gasteiger partial charge in [0.15, 0.2) is 0 Å². The Hall–Kier alpha value is -4.09. The summed E-state index contributed by atoms with van der Waals surface area (Å²) in [5.41, 5.74) is 1.99. The van der Waals surface area contributed by atoms with Gasteiger partial charge in [0.25, 0.3) is 0 Å². The largest absolute Gasteiger partial charge is 0.504 e. The minimum Gasteiger partial charge on any atom is -0.504 e. The normalized spacial score (nSPS) is 16.5. The lowest BCUT2D eigenvalue weighted by atomic mass is 9.98. The van der Waals surface area contributed by atoms with E-state index in [1.54, 1.807) is 29.1 Å². The Bertz CT molecular complexity index is 1510. The lowest BCUT2D eigenvalue weighted by Crippen LogP contribution is -2.32. The first-order valence-corrected chi connectivity index (χ1v) is 12.8. The van der Waals surface area contributed by atoms with Crippen molar-refractivity contribution in [3.63, 3.8) is 0 Å². The highest BCUT2D eigenvalue weighted by Gasteiger charge is 2.24. The molecule has 2 aliphatic rings. The highest BCUT2D eigenvalue weighted by molar-refractivity contribution is 5.93. The maximum absolute atomic E-state index is 12.5. The van der Waals surface area contributed by atoms with E-state index in [4.69, 9.17) is 16.0 Å². The van der Waals surface area contributed by atoms with Crippen molar-refractivity contribution in [3.05, 3.63) is 66.3 Å². The minimum atomic E-state index is -0.105. The fourth-order valence-electron chi connectivity index (χ4n) is 4.83. The summed E-state index contributed by atoms with van der Waals surface area (Å²) in [4.78, 5) is 23.1. The summed E-state index contributed by atoms with van der Waals surface area (Å²) in [6, 6.07) is 13.2. The van der Waals surface area contributed by atoms with Crippen LogP contribution in [0.2, 0.25) is 0 Å². The SMILES string of the molecule is [C-]#[N+]c1cc2c(Oc3ccc4c(ccn4C(=O)NC4CC4)c3)ccnc2cc1OCC1CCN(C)CC1. The number of piperidine rings is 1. The lowest BCUT2D eigenvalue weighted by molar-refractivity contribution is 0.160. The van der Waals surface area contributed by atoms with E-state index >= 15 is 0 Å². The molecule has 2 aromatic carbocycles. The fourth-order valence-corrected chi connectivity index (χ4v) is 4.83. The van der Waals surface area contributed by atoms with E-state index in [-0.39, 0.29) is 6.03 Å². The zero-order valence-corrected chi connectivity index (χ0v) is 20.8. The third-order valence-corrected chi connectivity index (χ3v) is 7.23. The van der Waals surface area contributed by atoms with Gasteiger partial charge in [-0.05, 0) is 94.2 Å². The van der Waals surface area contributed by atoms with Crippen LogP contribution in [-0.2, 0) is 0 Å². The minimum absolute atomic E-state index is 0.105. The van der Waals surface area contributed by atoms with Crippen molar-refractivity contribution in [1.29, 1.82) is 0 Å². The summed E-state index contributed by atoms with van der Waals surface area (Å²) in [6.45, 7) is 10.5. The number of carbonyl (C=O) groups excluding carboxylic acids is 1. The Morgan fingerprint density at radius 1 is 1.11 bits per heavy atom. The first-order chi connectivity index (χ1) is 18.1. The molecule has 0 unspecified atom stereocenters. The molecule has 2 aromatic heterocycles. The van der Waals surface area contributed by atoms with Gasteiger partial charge in [0, 0.05) is 29.2 Å². The number of ether oxygens (including phenoxy) is 2. The van der Waals surface area contributed by atoms with Gasteiger partial charge in [-0.25, -0.2) is 9.64 Å². The van der Waals surface area contributed by atoms with Crippen LogP contribution in [0, 0.1) is 12.5 Å². The van der Waals surface area contributed by atoms with Crippen LogP contribution in [0.5, 0.6) is 17.2 Å². The van der Waals surface area contributed by atoms with E-state index in [0.29, 0.717) is 47.0 Å². The maximum Gasteiger partial charge on any atom is 0.326 e. The van der Waals surface area contributed by atoms with Crippen molar-refractivity contribution in [1.82, 2.24) is 19.8 Å². The monoisotopic (exact) mass is 495 g/mol. The summed E-state index contributed by atoms with van der Waals surface area (Å²) in [6.07, 6.45) is 7.78. The fraction of sp³-hybridized carbons (Fsp3) is 0.345. The van der Waals surface area contributed by atoms with Crippen molar-refractivity contribution < 1.29 is 14.3 Å². The van der Waals surface area contributed by atoms with Crippen LogP contribution < -0.4 is 14.8 Å². The van der Waals surface area contributed by atoms with Crippen molar-refractivity contribution >= 4 is 33.5 Å². The van der Waals surface area contributed by atoms with Crippen LogP contribution in [-0.4, -0.2) is 53.3 Å². The Morgan fingerprint density at radius 2 is 1.95 bits per heavy atom. The second kappa shape index (κ2) is 9.75. The summed E-state index contributed by atoms with van der Waals surface area (Å²) in [7, 11) is 2.14. The third kappa shape index (κ3) is 4.95. The molecular weight excluding hydrogens is 466 g/mol. The van der Waals surface area contributed by atoms with Gasteiger partial charge >= 0.3 is 6.03 Å². The first kappa shape index (κ1) is 23.3. The van der Waals surface area contributed by atoms with E-state index in [0.717, 1.165) is 55.1 Å². The molecule has 8 heteroatoms. The van der Waals surface area contributed by atoms with E-state index < -0.39 is 0 Å². The van der Waals surface area contributed by atoms with Gasteiger partial charge < -0.3 is 19.7 Å². The molecule has 6 rings (SSSR count). The molecule has 0 radical (unpaired) electrons. The maximum atomic E-state index is 12.5. The molecule has 1 amide bonds. The Morgan fingerprint density at radius 3 is 2.73 bits per heavy atom. The number of carbonyl (C=O) groups is 1. The first-order valence-electron chi connectivity index (χ1n) is 12.8. The van der Waals surface area contributed by atoms with E-state index in [2.05, 4.69) is 27.1 Å². The Kier molecular flexibility index (Phi) is 6.15. The molecule has 8 nitrogen and oxygen atoms in total. The molecule has 188 valence electrons. The number of rotatable bonds is 6. The van der Waals surface area contributed by atoms with Crippen LogP contribution >= 0.6 is 0 Å². The van der Waals surface area contributed by atoms with Crippen LogP contribution in [0.3, 0.4) is 0 Å². The molecule has 1 aliphatic carbocycles. The average Bonchev–Trinajstić information content (AvgIpc) is 3.63. The van der Waals surface area contributed by atoms with Gasteiger partial charge in [0.2, 0.25) is 5.69 Å². The third-order valence-electron chi connectivity index (χ3n) is 7.23. The number of fused-ring (bicyclic) bond motifs is 2. The van der Waals surface area contributed by atoms with Crippen LogP contribution in [0.1, 0.15) is 25.7 Å². The van der Waals surface area contributed by atoms with Crippen molar-refractivity contribution in [2.75, 3.05) is 26.7 Å². The van der Waals surface area contributed by atoms with Crippen LogP contribution in [0.4, 0.5) is 10.5 Å². The number of hydrogen-bond acceptors (Lipinski definition) is 5. The summed E-state index contributed by atoms with van der Waals surface area (Å²) in [5.74, 6) is 2.32. The molecular formula is C29H29N5O3. The Balaban J connectivity index is 1.23. The summed E-state index contributed by atoms with van der Waals surface area (Å²) < 4.78 is 14.0. The number of aromatic nitrogens is 2. The van der Waals surface area contributed by atoms with Crippen molar-refractivity contribution in [2.45, 2.75) is 31.7 Å². The van der Waals surface area contributed by atoms with Gasteiger partial charge in [-0.1, -0.05) is 0 Å². The molecule has 1 aliphatic heterocycles. The number of likely N-dealkylation sites (tertiary alicyclic amines) is 1. The van der Waals surface area contributed by atoms with Crippen molar-refractivity contribution in [3.8, 4) is 17.2 Å². The Labute approximate surface area is 215 Å². The molecule has 1 N–H and O–H groups in total. The van der Waals surface area contributed by atoms with E-state index in [1.807, 2.05) is 30.3 Å². The molecule has 4 aromatic rings. The van der Waals surface area contributed by atoms with Gasteiger partial charge in [0.1, 0.15) is 17.2 Å². The number of benzene rings is 2.